The summed E-state index contributed by atoms with van der Waals surface area (Å²) in [6.45, 7) is 1.26. The van der Waals surface area contributed by atoms with Gasteiger partial charge < -0.3 is 19.9 Å². The quantitative estimate of drug-likeness (QED) is 0.777. The van der Waals surface area contributed by atoms with Gasteiger partial charge in [-0.1, -0.05) is 12.1 Å². The normalized spacial score (nSPS) is 20.2. The van der Waals surface area contributed by atoms with Crippen molar-refractivity contribution in [1.29, 1.82) is 0 Å². The van der Waals surface area contributed by atoms with E-state index in [2.05, 4.69) is 5.32 Å². The number of rotatable bonds is 4. The first-order valence-corrected chi connectivity index (χ1v) is 10.1. The Bertz CT molecular complexity index is 1130. The molecule has 164 valence electrons. The van der Waals surface area contributed by atoms with Crippen molar-refractivity contribution in [3.05, 3.63) is 62.8 Å². The maximum atomic E-state index is 14.3. The molecule has 2 N–H and O–H groups in total. The zero-order valence-corrected chi connectivity index (χ0v) is 17.1. The van der Waals surface area contributed by atoms with E-state index in [9.17, 15) is 28.3 Å². The van der Waals surface area contributed by atoms with Gasteiger partial charge in [0, 0.05) is 31.4 Å². The molecule has 1 aromatic carbocycles. The Morgan fingerprint density at radius 2 is 2.06 bits per heavy atom. The van der Waals surface area contributed by atoms with E-state index in [0.29, 0.717) is 25.8 Å². The standard InChI is InChI=1S/C22H23F2N3O4/c1-13-4-5-14(16(24)8-13)9-25-20(30)15-10-27-17(19(29)18(15)28)21(31)26-7-3-2-6-22(27,11-23)12-26/h4-5,8,10,29H,2-3,6-7,9,11-12H2,1H3,(H,25,30)/t22-/m0/s1. The molecule has 0 spiro atoms. The number of aromatic hydroxyl groups is 1. The van der Waals surface area contributed by atoms with Crippen LogP contribution in [0.3, 0.4) is 0 Å². The summed E-state index contributed by atoms with van der Waals surface area (Å²) >= 11 is 0. The van der Waals surface area contributed by atoms with E-state index in [1.807, 2.05) is 0 Å². The van der Waals surface area contributed by atoms with E-state index < -0.39 is 46.6 Å². The molecule has 1 aromatic heterocycles. The number of aryl methyl sites for hydroxylation is 1. The second-order valence-electron chi connectivity index (χ2n) is 8.26. The van der Waals surface area contributed by atoms with Crippen LogP contribution in [0.4, 0.5) is 8.78 Å². The number of hydrogen-bond donors (Lipinski definition) is 2. The number of amides is 2. The SMILES string of the molecule is Cc1ccc(CNC(=O)c2cn3c(c(O)c2=O)C(=O)N2CCCC[C@]3(CF)C2)c(F)c1. The molecule has 2 amide bonds. The lowest BCUT2D eigenvalue weighted by molar-refractivity contribution is 0.0516. The first kappa shape index (κ1) is 21.0. The molecule has 1 fully saturated rings. The average molecular weight is 431 g/mol. The van der Waals surface area contributed by atoms with Crippen LogP contribution in [0.1, 0.15) is 51.2 Å². The van der Waals surface area contributed by atoms with Crippen LogP contribution in [0.2, 0.25) is 0 Å². The summed E-state index contributed by atoms with van der Waals surface area (Å²) < 4.78 is 29.6. The van der Waals surface area contributed by atoms with Crippen molar-refractivity contribution < 1.29 is 23.5 Å². The molecule has 2 bridgehead atoms. The van der Waals surface area contributed by atoms with Gasteiger partial charge in [0.15, 0.2) is 11.4 Å². The Labute approximate surface area is 177 Å². The highest BCUT2D eigenvalue weighted by Crippen LogP contribution is 2.37. The van der Waals surface area contributed by atoms with E-state index >= 15 is 0 Å². The minimum atomic E-state index is -1.15. The Hall–Kier alpha value is -3.23. The molecule has 0 saturated carbocycles. The number of carbonyl (C=O) groups is 2. The van der Waals surface area contributed by atoms with Gasteiger partial charge in [0.05, 0.1) is 5.54 Å². The molecule has 1 saturated heterocycles. The number of aromatic nitrogens is 1. The third-order valence-corrected chi connectivity index (χ3v) is 6.13. The van der Waals surface area contributed by atoms with Gasteiger partial charge in [-0.3, -0.25) is 14.4 Å². The number of benzene rings is 1. The molecule has 9 heteroatoms. The van der Waals surface area contributed by atoms with Gasteiger partial charge in [-0.25, -0.2) is 8.78 Å². The van der Waals surface area contributed by atoms with E-state index in [-0.39, 0.29) is 24.3 Å². The van der Waals surface area contributed by atoms with Crippen molar-refractivity contribution in [2.24, 2.45) is 0 Å². The van der Waals surface area contributed by atoms with Crippen molar-refractivity contribution in [3.63, 3.8) is 0 Å². The van der Waals surface area contributed by atoms with Crippen LogP contribution in [0.25, 0.3) is 0 Å². The van der Waals surface area contributed by atoms with Crippen molar-refractivity contribution in [2.45, 2.75) is 38.3 Å². The number of hydrogen-bond acceptors (Lipinski definition) is 4. The lowest BCUT2D eigenvalue weighted by Crippen LogP contribution is -2.55. The van der Waals surface area contributed by atoms with Crippen molar-refractivity contribution >= 4 is 11.8 Å². The smallest absolute Gasteiger partial charge is 0.274 e. The maximum Gasteiger partial charge on any atom is 0.274 e. The number of pyridine rings is 1. The van der Waals surface area contributed by atoms with Gasteiger partial charge in [-0.2, -0.15) is 0 Å². The number of nitrogens with one attached hydrogen (secondary N) is 1. The fourth-order valence-electron chi connectivity index (χ4n) is 4.37. The first-order valence-electron chi connectivity index (χ1n) is 10.1. The zero-order valence-electron chi connectivity index (χ0n) is 17.1. The third kappa shape index (κ3) is 3.47. The largest absolute Gasteiger partial charge is 0.503 e. The van der Waals surface area contributed by atoms with Crippen molar-refractivity contribution in [3.8, 4) is 5.75 Å². The maximum absolute atomic E-state index is 14.3. The Morgan fingerprint density at radius 3 is 2.77 bits per heavy atom. The number of halogens is 2. The fraction of sp³-hybridized carbons (Fsp3) is 0.409. The average Bonchev–Trinajstić information content (AvgIpc) is 2.95. The highest BCUT2D eigenvalue weighted by molar-refractivity contribution is 5.99. The van der Waals surface area contributed by atoms with E-state index in [0.717, 1.165) is 11.8 Å². The van der Waals surface area contributed by atoms with Crippen molar-refractivity contribution in [1.82, 2.24) is 14.8 Å². The summed E-state index contributed by atoms with van der Waals surface area (Å²) in [4.78, 5) is 39.7. The summed E-state index contributed by atoms with van der Waals surface area (Å²) in [5.41, 5.74) is -1.93. The van der Waals surface area contributed by atoms with Gasteiger partial charge in [0.25, 0.3) is 11.8 Å². The van der Waals surface area contributed by atoms with Gasteiger partial charge >= 0.3 is 0 Å². The molecule has 7 nitrogen and oxygen atoms in total. The van der Waals surface area contributed by atoms with Gasteiger partial charge in [0.1, 0.15) is 18.1 Å². The molecule has 31 heavy (non-hydrogen) atoms. The van der Waals surface area contributed by atoms with Crippen LogP contribution in [-0.4, -0.2) is 46.2 Å². The topological polar surface area (TPSA) is 91.6 Å². The van der Waals surface area contributed by atoms with Gasteiger partial charge in [0.2, 0.25) is 5.43 Å². The second-order valence-corrected chi connectivity index (χ2v) is 8.26. The Morgan fingerprint density at radius 1 is 1.29 bits per heavy atom. The Balaban J connectivity index is 1.73. The van der Waals surface area contributed by atoms with Crippen LogP contribution >= 0.6 is 0 Å². The number of nitrogens with zero attached hydrogens (tertiary/aromatic N) is 2. The van der Waals surface area contributed by atoms with E-state index in [1.165, 1.54) is 21.6 Å². The molecule has 4 rings (SSSR count). The zero-order chi connectivity index (χ0) is 22.3. The van der Waals surface area contributed by atoms with Crippen LogP contribution in [0.15, 0.2) is 29.2 Å². The first-order chi connectivity index (χ1) is 14.8. The summed E-state index contributed by atoms with van der Waals surface area (Å²) in [6, 6.07) is 4.55. The van der Waals surface area contributed by atoms with Crippen LogP contribution < -0.4 is 10.7 Å². The monoisotopic (exact) mass is 431 g/mol. The molecule has 1 atom stereocenters. The predicted molar refractivity (Wildman–Crippen MR) is 108 cm³/mol. The molecule has 2 aliphatic heterocycles. The molecule has 2 aliphatic rings. The number of fused-ring (bicyclic) bond motifs is 4. The number of carbonyl (C=O) groups excluding carboxylic acids is 2. The lowest BCUT2D eigenvalue weighted by Gasteiger charge is -2.42. The van der Waals surface area contributed by atoms with E-state index in [1.54, 1.807) is 13.0 Å². The van der Waals surface area contributed by atoms with Gasteiger partial charge in [-0.05, 0) is 37.8 Å². The van der Waals surface area contributed by atoms with Crippen LogP contribution in [0, 0.1) is 12.7 Å². The van der Waals surface area contributed by atoms with Crippen molar-refractivity contribution in [2.75, 3.05) is 19.8 Å². The molecular formula is C22H23F2N3O4. The van der Waals surface area contributed by atoms with Gasteiger partial charge in [-0.15, -0.1) is 0 Å². The molecule has 0 unspecified atom stereocenters. The molecule has 3 heterocycles. The molecule has 0 aliphatic carbocycles. The minimum Gasteiger partial charge on any atom is -0.503 e. The lowest BCUT2D eigenvalue weighted by atomic mass is 9.91. The highest BCUT2D eigenvalue weighted by Gasteiger charge is 2.46. The second kappa shape index (κ2) is 7.79. The summed E-state index contributed by atoms with van der Waals surface area (Å²) in [5.74, 6) is -2.77. The Kier molecular flexibility index (Phi) is 5.28. The van der Waals surface area contributed by atoms with Crippen LogP contribution in [0.5, 0.6) is 5.75 Å². The third-order valence-electron chi connectivity index (χ3n) is 6.13. The molecular weight excluding hydrogens is 408 g/mol. The number of alkyl halides is 1. The minimum absolute atomic E-state index is 0.104. The summed E-state index contributed by atoms with van der Waals surface area (Å²) in [6.07, 6.45) is 2.90. The summed E-state index contributed by atoms with van der Waals surface area (Å²) in [7, 11) is 0. The molecule has 0 radical (unpaired) electrons. The van der Waals surface area contributed by atoms with Crippen LogP contribution in [-0.2, 0) is 12.1 Å². The highest BCUT2D eigenvalue weighted by atomic mass is 19.1. The predicted octanol–water partition coefficient (Wildman–Crippen LogP) is 2.24. The summed E-state index contributed by atoms with van der Waals surface area (Å²) in [5, 5.41) is 13.0. The van der Waals surface area contributed by atoms with E-state index in [4.69, 9.17) is 0 Å². The fourth-order valence-corrected chi connectivity index (χ4v) is 4.37. The molecule has 2 aromatic rings.